The zero-order valence-corrected chi connectivity index (χ0v) is 32.2. The second kappa shape index (κ2) is 14.3. The fourth-order valence-electron chi connectivity index (χ4n) is 7.57. The summed E-state index contributed by atoms with van der Waals surface area (Å²) in [6.45, 7) is 14.4. The molecule has 0 aliphatic rings. The number of imidazole rings is 1. The Morgan fingerprint density at radius 1 is 0.678 bits per heavy atom. The van der Waals surface area contributed by atoms with Crippen molar-refractivity contribution in [3.63, 3.8) is 0 Å². The van der Waals surface area contributed by atoms with Gasteiger partial charge in [-0.15, -0.1) is 0 Å². The van der Waals surface area contributed by atoms with Crippen LogP contribution in [-0.2, 0) is 5.41 Å². The SMILES string of the molecule is [2H]c1c([2H])c([2H])c(-c2cccc(-c3c([2H])c([2H])c([2H])c([2H])c3[2H])c2-[n+]2[c-]n(-c3cccc(Oc4ccc5c6ccccc6n(-c6cc(C(C)(C)C)ccn6)c5c4)c3)c3cc([N+]#[C-])ccc32)c([2H])c1[2H]. The highest BCUT2D eigenvalue weighted by Crippen LogP contribution is 2.38. The maximum Gasteiger partial charge on any atom is 0.269 e. The number of hydrogen-bond acceptors (Lipinski definition) is 2. The lowest BCUT2D eigenvalue weighted by atomic mass is 9.88. The van der Waals surface area contributed by atoms with Crippen LogP contribution in [0.3, 0.4) is 0 Å². The second-order valence-electron chi connectivity index (χ2n) is 15.0. The van der Waals surface area contributed by atoms with E-state index in [1.807, 2.05) is 60.8 Å². The topological polar surface area (TPSA) is 40.2 Å². The molecular weight excluding hydrogens is 723 g/mol. The summed E-state index contributed by atoms with van der Waals surface area (Å²) in [5, 5.41) is 2.09. The van der Waals surface area contributed by atoms with Gasteiger partial charge in [0.25, 0.3) is 6.33 Å². The Bertz CT molecular complexity index is 3700. The number of nitrogens with zero attached hydrogens (tertiary/aromatic N) is 5. The average Bonchev–Trinajstić information content (AvgIpc) is 3.89. The Balaban J connectivity index is 1.17. The standard InChI is InChI=1S/C53H39N5O/c1-53(2,3)38-29-30-55-51(31-38)58-47-24-12-11-21-45(47)46-27-26-42(34-49(46)58)59-41-20-13-19-40(33-41)56-35-57(48-28-25-39(54-4)32-50(48)56)52-43(36-15-7-5-8-16-36)22-14-23-44(52)37-17-9-6-10-18-37/h5-34H,1-3H3/i5D,6D,7D,8D,9D,10D,15D,16D,17D,18D. The summed E-state index contributed by atoms with van der Waals surface area (Å²) < 4.78 is 99.0. The van der Waals surface area contributed by atoms with Crippen LogP contribution in [0.4, 0.5) is 5.69 Å². The van der Waals surface area contributed by atoms with Gasteiger partial charge in [0.1, 0.15) is 17.3 Å². The lowest BCUT2D eigenvalue weighted by Crippen LogP contribution is -2.31. The van der Waals surface area contributed by atoms with Crippen LogP contribution in [0, 0.1) is 12.9 Å². The maximum absolute atomic E-state index is 9.01. The number of hydrogen-bond donors (Lipinski definition) is 0. The molecule has 0 saturated carbocycles. The third kappa shape index (κ3) is 6.40. The molecule has 10 rings (SSSR count). The van der Waals surface area contributed by atoms with E-state index in [1.54, 1.807) is 51.6 Å². The van der Waals surface area contributed by atoms with E-state index in [9.17, 15) is 0 Å². The number of benzene rings is 7. The van der Waals surface area contributed by atoms with Crippen LogP contribution in [-0.4, -0.2) is 14.1 Å². The lowest BCUT2D eigenvalue weighted by Gasteiger charge is -2.20. The van der Waals surface area contributed by atoms with E-state index >= 15 is 0 Å². The predicted molar refractivity (Wildman–Crippen MR) is 238 cm³/mol. The van der Waals surface area contributed by atoms with Crippen LogP contribution >= 0.6 is 0 Å². The number of rotatable bonds is 7. The number of ether oxygens (including phenoxy) is 1. The third-order valence-corrected chi connectivity index (χ3v) is 10.4. The zero-order valence-electron chi connectivity index (χ0n) is 42.2. The molecule has 0 radical (unpaired) electrons. The van der Waals surface area contributed by atoms with Crippen molar-refractivity contribution < 1.29 is 23.0 Å². The van der Waals surface area contributed by atoms with E-state index in [4.69, 9.17) is 30.0 Å². The molecule has 6 heteroatoms. The van der Waals surface area contributed by atoms with E-state index in [0.717, 1.165) is 33.2 Å². The normalized spacial score (nSPS) is 14.0. The predicted octanol–water partition coefficient (Wildman–Crippen LogP) is 13.2. The first kappa shape index (κ1) is 26.2. The molecule has 7 aromatic carbocycles. The largest absolute Gasteiger partial charge is 0.458 e. The first-order valence-electron chi connectivity index (χ1n) is 23.9. The Hall–Kier alpha value is -7.75. The Kier molecular flexibility index (Phi) is 6.37. The average molecular weight is 772 g/mol. The minimum atomic E-state index is -0.591. The summed E-state index contributed by atoms with van der Waals surface area (Å²) in [5.74, 6) is 1.79. The first-order chi connectivity index (χ1) is 33.0. The summed E-state index contributed by atoms with van der Waals surface area (Å²) in [4.78, 5) is 8.50. The van der Waals surface area contributed by atoms with Crippen molar-refractivity contribution in [1.82, 2.24) is 14.1 Å². The van der Waals surface area contributed by atoms with Crippen molar-refractivity contribution in [2.24, 2.45) is 0 Å². The molecule has 0 fully saturated rings. The molecule has 0 saturated heterocycles. The van der Waals surface area contributed by atoms with Gasteiger partial charge in [-0.3, -0.25) is 13.7 Å². The molecule has 0 amide bonds. The molecule has 3 aromatic heterocycles. The van der Waals surface area contributed by atoms with Gasteiger partial charge in [0.15, 0.2) is 5.69 Å². The van der Waals surface area contributed by atoms with Crippen molar-refractivity contribution in [2.45, 2.75) is 26.2 Å². The Labute approximate surface area is 357 Å². The van der Waals surface area contributed by atoms with Crippen LogP contribution in [0.1, 0.15) is 40.0 Å². The monoisotopic (exact) mass is 771 g/mol. The summed E-state index contributed by atoms with van der Waals surface area (Å²) >= 11 is 0. The second-order valence-corrected chi connectivity index (χ2v) is 15.0. The van der Waals surface area contributed by atoms with Crippen LogP contribution in [0.5, 0.6) is 11.5 Å². The number of aromatic nitrogens is 4. The molecule has 3 heterocycles. The molecule has 282 valence electrons. The molecule has 6 nitrogen and oxygen atoms in total. The molecule has 59 heavy (non-hydrogen) atoms. The van der Waals surface area contributed by atoms with Gasteiger partial charge in [-0.05, 0) is 87.8 Å². The van der Waals surface area contributed by atoms with E-state index in [1.165, 1.54) is 0 Å². The van der Waals surface area contributed by atoms with Crippen molar-refractivity contribution in [3.05, 3.63) is 205 Å². The van der Waals surface area contributed by atoms with Gasteiger partial charge in [-0.2, -0.15) is 0 Å². The fraction of sp³-hybridized carbons (Fsp3) is 0.0755. The quantitative estimate of drug-likeness (QED) is 0.120. The third-order valence-electron chi connectivity index (χ3n) is 10.4. The first-order valence-corrected chi connectivity index (χ1v) is 18.9. The van der Waals surface area contributed by atoms with Gasteiger partial charge in [0, 0.05) is 23.0 Å². The van der Waals surface area contributed by atoms with Gasteiger partial charge >= 0.3 is 0 Å². The van der Waals surface area contributed by atoms with E-state index in [0.29, 0.717) is 33.9 Å². The van der Waals surface area contributed by atoms with Crippen LogP contribution in [0.15, 0.2) is 182 Å². The van der Waals surface area contributed by atoms with Gasteiger partial charge in [0.2, 0.25) is 0 Å². The van der Waals surface area contributed by atoms with Crippen LogP contribution in [0.2, 0.25) is 0 Å². The van der Waals surface area contributed by atoms with Crippen molar-refractivity contribution in [3.8, 4) is 50.9 Å². The highest BCUT2D eigenvalue weighted by molar-refractivity contribution is 6.09. The summed E-state index contributed by atoms with van der Waals surface area (Å²) in [7, 11) is 0. The zero-order chi connectivity index (χ0) is 48.8. The fourth-order valence-corrected chi connectivity index (χ4v) is 7.57. The van der Waals surface area contributed by atoms with Gasteiger partial charge < -0.3 is 4.74 Å². The highest BCUT2D eigenvalue weighted by atomic mass is 16.5. The minimum Gasteiger partial charge on any atom is -0.458 e. The lowest BCUT2D eigenvalue weighted by molar-refractivity contribution is -0.571. The number of fused-ring (bicyclic) bond motifs is 4. The molecule has 0 atom stereocenters. The van der Waals surface area contributed by atoms with Crippen molar-refractivity contribution in [2.75, 3.05) is 0 Å². The van der Waals surface area contributed by atoms with Crippen molar-refractivity contribution >= 4 is 38.5 Å². The summed E-state index contributed by atoms with van der Waals surface area (Å²) in [6, 6.07) is 29.6. The van der Waals surface area contributed by atoms with Crippen LogP contribution in [0.25, 0.3) is 77.1 Å². The van der Waals surface area contributed by atoms with Gasteiger partial charge in [-0.25, -0.2) is 9.83 Å². The van der Waals surface area contributed by atoms with Gasteiger partial charge in [0.05, 0.1) is 53.7 Å². The smallest absolute Gasteiger partial charge is 0.269 e. The Morgan fingerprint density at radius 3 is 2.10 bits per heavy atom. The molecule has 0 unspecified atom stereocenters. The van der Waals surface area contributed by atoms with E-state index < -0.39 is 60.4 Å². The van der Waals surface area contributed by atoms with E-state index in [-0.39, 0.29) is 33.4 Å². The molecule has 0 spiro atoms. The maximum atomic E-state index is 9.01. The van der Waals surface area contributed by atoms with Gasteiger partial charge in [-0.1, -0.05) is 136 Å². The molecule has 0 aliphatic carbocycles. The number of pyridine rings is 1. The highest BCUT2D eigenvalue weighted by Gasteiger charge is 2.21. The summed E-state index contributed by atoms with van der Waals surface area (Å²) in [5.41, 5.74) is 4.67. The molecular formula is C53H39N5O. The molecule has 0 aliphatic heterocycles. The molecule has 10 aromatic rings. The van der Waals surface area contributed by atoms with Crippen molar-refractivity contribution in [1.29, 1.82) is 0 Å². The molecule has 0 bridgehead atoms. The Morgan fingerprint density at radius 2 is 1.37 bits per heavy atom. The van der Waals surface area contributed by atoms with E-state index in [2.05, 4.69) is 54.7 Å². The van der Waals surface area contributed by atoms with Crippen LogP contribution < -0.4 is 9.30 Å². The summed E-state index contributed by atoms with van der Waals surface area (Å²) in [6.07, 6.45) is 5.22. The minimum absolute atomic E-state index is 0.102. The molecule has 0 N–H and O–H groups in total. The number of para-hydroxylation sites is 2.